The zero-order valence-electron chi connectivity index (χ0n) is 22.0. The number of nitrogens with zero attached hydrogens (tertiary/aromatic N) is 3. The molecule has 2 aromatic carbocycles. The molecule has 206 valence electrons. The number of hydrogen-bond donors (Lipinski definition) is 1. The second-order valence-electron chi connectivity index (χ2n) is 9.94. The fourth-order valence-electron chi connectivity index (χ4n) is 5.96. The molecule has 3 aromatic rings. The smallest absolute Gasteiger partial charge is 0.323 e. The molecule has 3 aliphatic rings. The molecule has 1 amide bonds. The molecule has 40 heavy (non-hydrogen) atoms. The van der Waals surface area contributed by atoms with Crippen molar-refractivity contribution >= 4 is 73.9 Å². The second-order valence-corrected chi connectivity index (χ2v) is 12.6. The molecule has 2 fully saturated rings. The van der Waals surface area contributed by atoms with Gasteiger partial charge in [0.2, 0.25) is 0 Å². The highest BCUT2D eigenvalue weighted by Crippen LogP contribution is 2.52. The molecule has 6 rings (SSSR count). The standard InChI is InChI=1S/C29H27N3O5S3/c1-3-30-27(36)25(40-29(30)38)28-31(15-24(33)34)26(35)23(39-28)14-16-7-12-22-20(13-16)19-5-4-6-21(19)32(22)17-8-10-18(37-2)11-9-17/h7-14,19,21H,3-6,15H2,1-2H3,(H,33,34). The first-order valence-corrected chi connectivity index (χ1v) is 15.1. The number of carboxylic acids is 1. The topological polar surface area (TPSA) is 92.1 Å². The van der Waals surface area contributed by atoms with E-state index in [0.29, 0.717) is 36.9 Å². The van der Waals surface area contributed by atoms with Crippen molar-refractivity contribution in [3.63, 3.8) is 0 Å². The van der Waals surface area contributed by atoms with Crippen molar-refractivity contribution in [3.05, 3.63) is 73.1 Å². The summed E-state index contributed by atoms with van der Waals surface area (Å²) in [6.45, 7) is 1.70. The number of thiocarbonyl (C=S) groups is 1. The summed E-state index contributed by atoms with van der Waals surface area (Å²) >= 11 is 7.59. The molecular formula is C29H27N3O5S3. The fourth-order valence-corrected chi connectivity index (χ4v) is 8.60. The number of aromatic nitrogens is 1. The van der Waals surface area contributed by atoms with E-state index in [1.54, 1.807) is 13.2 Å². The van der Waals surface area contributed by atoms with Crippen LogP contribution in [0.15, 0.2) is 47.3 Å². The number of fused-ring (bicyclic) bond motifs is 3. The lowest BCUT2D eigenvalue weighted by Crippen LogP contribution is -2.35. The van der Waals surface area contributed by atoms with E-state index in [-0.39, 0.29) is 5.91 Å². The predicted molar refractivity (Wildman–Crippen MR) is 162 cm³/mol. The normalized spacial score (nSPS) is 21.8. The zero-order valence-corrected chi connectivity index (χ0v) is 24.4. The van der Waals surface area contributed by atoms with Crippen LogP contribution >= 0.6 is 35.3 Å². The van der Waals surface area contributed by atoms with E-state index in [0.717, 1.165) is 59.4 Å². The van der Waals surface area contributed by atoms with Gasteiger partial charge in [-0.05, 0) is 73.4 Å². The third-order valence-corrected chi connectivity index (χ3v) is 10.4. The Labute approximate surface area is 244 Å². The molecule has 8 nitrogen and oxygen atoms in total. The monoisotopic (exact) mass is 593 g/mol. The predicted octanol–water partition coefficient (Wildman–Crippen LogP) is 3.61. The summed E-state index contributed by atoms with van der Waals surface area (Å²) in [4.78, 5) is 42.2. The SMILES string of the molecule is CCN1C(=O)C(=c2sc(=Cc3ccc4c(c3)C3CCCC3N4c3ccc(OC)cc3)c(=O)n2CC(=O)O)SC1=S. The summed E-state index contributed by atoms with van der Waals surface area (Å²) in [5.74, 6) is -0.229. The molecule has 0 radical (unpaired) electrons. The van der Waals surface area contributed by atoms with Gasteiger partial charge in [0.1, 0.15) is 26.2 Å². The number of benzene rings is 2. The number of amides is 1. The van der Waals surface area contributed by atoms with E-state index in [1.807, 2.05) is 25.1 Å². The summed E-state index contributed by atoms with van der Waals surface area (Å²) < 4.78 is 7.63. The summed E-state index contributed by atoms with van der Waals surface area (Å²) in [6.07, 6.45) is 5.17. The third kappa shape index (κ3) is 4.46. The van der Waals surface area contributed by atoms with Crippen LogP contribution in [0.25, 0.3) is 11.0 Å². The summed E-state index contributed by atoms with van der Waals surface area (Å²) in [7, 11) is 1.66. The quantitative estimate of drug-likeness (QED) is 0.434. The van der Waals surface area contributed by atoms with Gasteiger partial charge in [-0.15, -0.1) is 11.3 Å². The Morgan fingerprint density at radius 1 is 1.18 bits per heavy atom. The number of anilines is 2. The number of ether oxygens (including phenoxy) is 1. The summed E-state index contributed by atoms with van der Waals surface area (Å²) in [6, 6.07) is 14.8. The molecule has 1 aliphatic carbocycles. The highest BCUT2D eigenvalue weighted by atomic mass is 32.2. The van der Waals surface area contributed by atoms with Crippen molar-refractivity contribution < 1.29 is 19.4 Å². The van der Waals surface area contributed by atoms with Gasteiger partial charge >= 0.3 is 5.97 Å². The van der Waals surface area contributed by atoms with Gasteiger partial charge in [-0.3, -0.25) is 23.9 Å². The first-order chi connectivity index (χ1) is 19.3. The van der Waals surface area contributed by atoms with Gasteiger partial charge in [0, 0.05) is 29.9 Å². The Kier molecular flexibility index (Phi) is 7.05. The van der Waals surface area contributed by atoms with E-state index in [1.165, 1.54) is 20.7 Å². The van der Waals surface area contributed by atoms with Gasteiger partial charge in [0.15, 0.2) is 0 Å². The maximum absolute atomic E-state index is 13.4. The van der Waals surface area contributed by atoms with Crippen molar-refractivity contribution in [1.29, 1.82) is 0 Å². The molecule has 1 aromatic heterocycles. The molecule has 1 saturated carbocycles. The average molecular weight is 594 g/mol. The number of aliphatic carboxylic acids is 1. The van der Waals surface area contributed by atoms with Crippen molar-refractivity contribution in [2.45, 2.75) is 44.7 Å². The molecule has 2 unspecified atom stereocenters. The van der Waals surface area contributed by atoms with Crippen LogP contribution in [-0.2, 0) is 16.1 Å². The lowest BCUT2D eigenvalue weighted by atomic mass is 9.96. The van der Waals surface area contributed by atoms with Crippen LogP contribution in [0.1, 0.15) is 43.2 Å². The molecular weight excluding hydrogens is 567 g/mol. The molecule has 1 saturated heterocycles. The van der Waals surface area contributed by atoms with E-state index in [2.05, 4.69) is 29.2 Å². The Morgan fingerprint density at radius 2 is 1.95 bits per heavy atom. The van der Waals surface area contributed by atoms with Crippen molar-refractivity contribution in [1.82, 2.24) is 9.47 Å². The van der Waals surface area contributed by atoms with Gasteiger partial charge in [-0.1, -0.05) is 36.5 Å². The van der Waals surface area contributed by atoms with Crippen molar-refractivity contribution in [2.75, 3.05) is 18.6 Å². The molecule has 0 spiro atoms. The number of carbonyl (C=O) groups excluding carboxylic acids is 1. The minimum atomic E-state index is -1.15. The third-order valence-electron chi connectivity index (χ3n) is 7.73. The molecule has 1 N–H and O–H groups in total. The molecule has 3 heterocycles. The lowest BCUT2D eigenvalue weighted by molar-refractivity contribution is -0.137. The Morgan fingerprint density at radius 3 is 2.62 bits per heavy atom. The molecule has 2 atom stereocenters. The summed E-state index contributed by atoms with van der Waals surface area (Å²) in [5.41, 5.74) is 4.00. The number of carbonyl (C=O) groups is 2. The van der Waals surface area contributed by atoms with Crippen LogP contribution in [0, 0.1) is 0 Å². The number of hydrogen-bond acceptors (Lipinski definition) is 8. The van der Waals surface area contributed by atoms with Crippen LogP contribution in [0.5, 0.6) is 5.75 Å². The van der Waals surface area contributed by atoms with Crippen LogP contribution in [0.2, 0.25) is 0 Å². The first kappa shape index (κ1) is 26.8. The molecule has 2 aliphatic heterocycles. The fraction of sp³-hybridized carbons (Fsp3) is 0.310. The summed E-state index contributed by atoms with van der Waals surface area (Å²) in [5, 5.41) is 9.50. The van der Waals surface area contributed by atoms with E-state index >= 15 is 0 Å². The number of thiazole rings is 1. The Hall–Kier alpha value is -3.41. The maximum Gasteiger partial charge on any atom is 0.323 e. The minimum Gasteiger partial charge on any atom is -0.497 e. The van der Waals surface area contributed by atoms with E-state index in [4.69, 9.17) is 17.0 Å². The van der Waals surface area contributed by atoms with Crippen LogP contribution in [-0.4, -0.2) is 50.5 Å². The number of methoxy groups -OCH3 is 1. The second kappa shape index (κ2) is 10.5. The minimum absolute atomic E-state index is 0.298. The maximum atomic E-state index is 13.4. The van der Waals surface area contributed by atoms with Gasteiger partial charge in [0.25, 0.3) is 11.5 Å². The van der Waals surface area contributed by atoms with Crippen molar-refractivity contribution in [3.8, 4) is 5.75 Å². The van der Waals surface area contributed by atoms with Crippen molar-refractivity contribution in [2.24, 2.45) is 0 Å². The van der Waals surface area contributed by atoms with E-state index < -0.39 is 18.1 Å². The Bertz CT molecular complexity index is 1730. The van der Waals surface area contributed by atoms with E-state index in [9.17, 15) is 19.5 Å². The number of rotatable bonds is 6. The van der Waals surface area contributed by atoms with Crippen LogP contribution < -0.4 is 24.4 Å². The number of carboxylic acid groups (broad SMARTS) is 1. The van der Waals surface area contributed by atoms with Crippen LogP contribution in [0.4, 0.5) is 11.4 Å². The first-order valence-electron chi connectivity index (χ1n) is 13.1. The highest BCUT2D eigenvalue weighted by Gasteiger charge is 2.42. The Balaban J connectivity index is 1.45. The lowest BCUT2D eigenvalue weighted by Gasteiger charge is -2.27. The number of thioether (sulfide) groups is 1. The highest BCUT2D eigenvalue weighted by molar-refractivity contribution is 8.30. The molecule has 0 bridgehead atoms. The van der Waals surface area contributed by atoms with Gasteiger partial charge in [-0.25, -0.2) is 0 Å². The largest absolute Gasteiger partial charge is 0.497 e. The van der Waals surface area contributed by atoms with Gasteiger partial charge in [-0.2, -0.15) is 0 Å². The zero-order chi connectivity index (χ0) is 28.1. The average Bonchev–Trinajstić information content (AvgIpc) is 3.67. The van der Waals surface area contributed by atoms with Gasteiger partial charge in [0.05, 0.1) is 11.6 Å². The van der Waals surface area contributed by atoms with Gasteiger partial charge < -0.3 is 14.7 Å². The molecule has 11 heteroatoms. The van der Waals surface area contributed by atoms with Crippen LogP contribution in [0.3, 0.4) is 0 Å².